The van der Waals surface area contributed by atoms with Gasteiger partial charge >= 0.3 is 0 Å². The predicted octanol–water partition coefficient (Wildman–Crippen LogP) is 6.05. The number of amides is 2. The van der Waals surface area contributed by atoms with E-state index < -0.39 is 28.5 Å². The average molecular weight is 612 g/mol. The van der Waals surface area contributed by atoms with Gasteiger partial charge in [-0.15, -0.1) is 0 Å². The Bertz CT molecular complexity index is 1620. The van der Waals surface area contributed by atoms with Crippen molar-refractivity contribution >= 4 is 27.5 Å². The Morgan fingerprint density at radius 2 is 1.30 bits per heavy atom. The largest absolute Gasteiger partial charge is 0.352 e. The maximum absolute atomic E-state index is 14.5. The van der Waals surface area contributed by atoms with Crippen molar-refractivity contribution in [1.82, 2.24) is 10.2 Å². The van der Waals surface area contributed by atoms with Crippen LogP contribution in [0.3, 0.4) is 0 Å². The molecule has 0 saturated carbocycles. The molecule has 0 aliphatic carbocycles. The first-order chi connectivity index (χ1) is 21.1. The first-order valence-electron chi connectivity index (χ1n) is 14.9. The molecule has 0 heterocycles. The molecule has 0 fully saturated rings. The van der Waals surface area contributed by atoms with E-state index in [-0.39, 0.29) is 29.8 Å². The van der Waals surface area contributed by atoms with E-state index in [1.165, 1.54) is 4.90 Å². The van der Waals surface area contributed by atoms with Crippen molar-refractivity contribution in [2.24, 2.45) is 0 Å². The van der Waals surface area contributed by atoms with E-state index in [1.807, 2.05) is 82.3 Å². The topological polar surface area (TPSA) is 86.8 Å². The summed E-state index contributed by atoms with van der Waals surface area (Å²) in [6.07, 6.45) is 1.00. The van der Waals surface area contributed by atoms with Crippen molar-refractivity contribution in [2.75, 3.05) is 10.8 Å². The number of carbonyl (C=O) groups is 2. The van der Waals surface area contributed by atoms with Gasteiger partial charge in [0.2, 0.25) is 11.8 Å². The second-order valence-corrected chi connectivity index (χ2v) is 13.1. The Hall–Kier alpha value is -4.43. The molecule has 4 aromatic carbocycles. The number of rotatable bonds is 13. The molecule has 0 saturated heterocycles. The summed E-state index contributed by atoms with van der Waals surface area (Å²) in [4.78, 5) is 29.9. The first-order valence-corrected chi connectivity index (χ1v) is 16.4. The molecule has 0 radical (unpaired) electrons. The molecule has 0 spiro atoms. The average Bonchev–Trinajstić information content (AvgIpc) is 3.03. The number of hydrogen-bond donors (Lipinski definition) is 1. The zero-order valence-corrected chi connectivity index (χ0v) is 26.6. The number of hydrogen-bond acceptors (Lipinski definition) is 4. The molecule has 44 heavy (non-hydrogen) atoms. The highest BCUT2D eigenvalue weighted by molar-refractivity contribution is 7.92. The van der Waals surface area contributed by atoms with Crippen molar-refractivity contribution in [3.05, 3.63) is 131 Å². The summed E-state index contributed by atoms with van der Waals surface area (Å²) < 4.78 is 29.2. The van der Waals surface area contributed by atoms with Crippen LogP contribution in [-0.2, 0) is 32.6 Å². The lowest BCUT2D eigenvalue weighted by Gasteiger charge is -2.34. The number of nitrogens with zero attached hydrogens (tertiary/aromatic N) is 2. The minimum atomic E-state index is -4.12. The third-order valence-corrected chi connectivity index (χ3v) is 9.47. The number of sulfonamides is 1. The van der Waals surface area contributed by atoms with Gasteiger partial charge in [-0.2, -0.15) is 0 Å². The maximum Gasteiger partial charge on any atom is 0.264 e. The minimum Gasteiger partial charge on any atom is -0.352 e. The van der Waals surface area contributed by atoms with E-state index >= 15 is 0 Å². The number of carbonyl (C=O) groups excluding carboxylic acids is 2. The molecule has 8 heteroatoms. The van der Waals surface area contributed by atoms with Crippen LogP contribution in [0.4, 0.5) is 5.69 Å². The summed E-state index contributed by atoms with van der Waals surface area (Å²) in [5.74, 6) is -0.762. The summed E-state index contributed by atoms with van der Waals surface area (Å²) in [7, 11) is -4.12. The van der Waals surface area contributed by atoms with Gasteiger partial charge in [0.1, 0.15) is 12.6 Å². The zero-order valence-electron chi connectivity index (χ0n) is 25.8. The number of nitrogens with one attached hydrogen (secondary N) is 1. The fourth-order valence-electron chi connectivity index (χ4n) is 4.85. The quantitative estimate of drug-likeness (QED) is 0.199. The molecule has 1 N–H and O–H groups in total. The molecule has 2 amide bonds. The highest BCUT2D eigenvalue weighted by Crippen LogP contribution is 2.25. The summed E-state index contributed by atoms with van der Waals surface area (Å²) in [5.41, 5.74) is 4.09. The molecule has 230 valence electrons. The molecule has 7 nitrogen and oxygen atoms in total. The lowest BCUT2D eigenvalue weighted by atomic mass is 10.0. The number of aryl methyl sites for hydroxylation is 2. The fraction of sp³-hybridized carbons (Fsp3) is 0.278. The molecule has 0 bridgehead atoms. The maximum atomic E-state index is 14.5. The Morgan fingerprint density at radius 3 is 1.86 bits per heavy atom. The molecule has 0 unspecified atom stereocenters. The van der Waals surface area contributed by atoms with Gasteiger partial charge in [0.05, 0.1) is 10.6 Å². The SMILES string of the molecule is CC[C@H](C)NC(=O)[C@H](Cc1ccccc1)N(Cc1ccc(C)cc1)C(=O)CN(c1ccccc1)S(=O)(=O)c1ccc(C)cc1. The third kappa shape index (κ3) is 8.35. The Morgan fingerprint density at radius 1 is 0.750 bits per heavy atom. The molecule has 0 aliphatic rings. The van der Waals surface area contributed by atoms with E-state index in [1.54, 1.807) is 54.6 Å². The van der Waals surface area contributed by atoms with E-state index in [9.17, 15) is 18.0 Å². The number of benzene rings is 4. The van der Waals surface area contributed by atoms with E-state index in [2.05, 4.69) is 5.32 Å². The van der Waals surface area contributed by atoms with Crippen molar-refractivity contribution in [3.63, 3.8) is 0 Å². The summed E-state index contributed by atoms with van der Waals surface area (Å²) in [5, 5.41) is 3.06. The fourth-order valence-corrected chi connectivity index (χ4v) is 6.26. The number of anilines is 1. The minimum absolute atomic E-state index is 0.0835. The summed E-state index contributed by atoms with van der Waals surface area (Å²) in [6.45, 7) is 7.44. The van der Waals surface area contributed by atoms with Gasteiger partial charge in [0.15, 0.2) is 0 Å². The van der Waals surface area contributed by atoms with Crippen LogP contribution in [0.5, 0.6) is 0 Å². The second-order valence-electron chi connectivity index (χ2n) is 11.2. The Labute approximate surface area is 261 Å². The van der Waals surface area contributed by atoms with Crippen LogP contribution >= 0.6 is 0 Å². The van der Waals surface area contributed by atoms with Gasteiger partial charge in [0, 0.05) is 19.0 Å². The monoisotopic (exact) mass is 611 g/mol. The van der Waals surface area contributed by atoms with Gasteiger partial charge < -0.3 is 10.2 Å². The van der Waals surface area contributed by atoms with E-state index in [0.717, 1.165) is 33.0 Å². The standard InChI is InChI=1S/C36H41N3O4S/c1-5-29(4)37-36(41)34(24-30-12-8-6-9-13-30)38(25-31-20-16-27(2)17-21-31)35(40)26-39(32-14-10-7-11-15-32)44(42,43)33-22-18-28(3)19-23-33/h6-23,29,34H,5,24-26H2,1-4H3,(H,37,41)/t29-,34-/m0/s1. The normalized spacial score (nSPS) is 12.6. The second kappa shape index (κ2) is 14.8. The van der Waals surface area contributed by atoms with Crippen LogP contribution in [0, 0.1) is 13.8 Å². The van der Waals surface area contributed by atoms with Gasteiger partial charge in [-0.3, -0.25) is 13.9 Å². The Kier molecular flexibility index (Phi) is 11.0. The van der Waals surface area contributed by atoms with Crippen LogP contribution in [0.15, 0.2) is 114 Å². The smallest absolute Gasteiger partial charge is 0.264 e. The molecule has 0 aliphatic heterocycles. The van der Waals surface area contributed by atoms with Gasteiger partial charge in [-0.25, -0.2) is 8.42 Å². The van der Waals surface area contributed by atoms with Crippen molar-refractivity contribution in [2.45, 2.75) is 64.1 Å². The van der Waals surface area contributed by atoms with Crippen LogP contribution in [0.1, 0.15) is 42.5 Å². The number of para-hydroxylation sites is 1. The predicted molar refractivity (Wildman–Crippen MR) is 176 cm³/mol. The molecular formula is C36H41N3O4S. The van der Waals surface area contributed by atoms with Crippen LogP contribution in [0.2, 0.25) is 0 Å². The molecular weight excluding hydrogens is 570 g/mol. The van der Waals surface area contributed by atoms with Gasteiger partial charge in [0.25, 0.3) is 10.0 Å². The van der Waals surface area contributed by atoms with Crippen LogP contribution in [-0.4, -0.2) is 43.8 Å². The zero-order chi connectivity index (χ0) is 31.7. The lowest BCUT2D eigenvalue weighted by Crippen LogP contribution is -2.54. The summed E-state index contributed by atoms with van der Waals surface area (Å²) >= 11 is 0. The molecule has 0 aromatic heterocycles. The van der Waals surface area contributed by atoms with Gasteiger partial charge in [-0.05, 0) is 62.6 Å². The highest BCUT2D eigenvalue weighted by atomic mass is 32.2. The third-order valence-electron chi connectivity index (χ3n) is 7.68. The van der Waals surface area contributed by atoms with Crippen molar-refractivity contribution in [1.29, 1.82) is 0 Å². The first kappa shape index (κ1) is 32.5. The van der Waals surface area contributed by atoms with Crippen LogP contribution < -0.4 is 9.62 Å². The lowest BCUT2D eigenvalue weighted by molar-refractivity contribution is -0.140. The van der Waals surface area contributed by atoms with Crippen molar-refractivity contribution in [3.8, 4) is 0 Å². The summed E-state index contributed by atoms with van der Waals surface area (Å²) in [6, 6.07) is 31.5. The molecule has 4 aromatic rings. The van der Waals surface area contributed by atoms with E-state index in [0.29, 0.717) is 5.69 Å². The van der Waals surface area contributed by atoms with E-state index in [4.69, 9.17) is 0 Å². The van der Waals surface area contributed by atoms with Crippen LogP contribution in [0.25, 0.3) is 0 Å². The molecule has 4 rings (SSSR count). The molecule has 2 atom stereocenters. The Balaban J connectivity index is 1.78. The highest BCUT2D eigenvalue weighted by Gasteiger charge is 2.34. The van der Waals surface area contributed by atoms with Crippen molar-refractivity contribution < 1.29 is 18.0 Å². The van der Waals surface area contributed by atoms with Gasteiger partial charge in [-0.1, -0.05) is 103 Å².